The van der Waals surface area contributed by atoms with Gasteiger partial charge in [0.05, 0.1) is 6.61 Å². The van der Waals surface area contributed by atoms with Crippen LogP contribution in [0.15, 0.2) is 30.3 Å². The SMILES string of the molecule is CCCCOC(CO)N(CCC)c1ccccc1. The molecular weight excluding hydrogens is 226 g/mol. The Morgan fingerprint density at radius 1 is 1.17 bits per heavy atom. The summed E-state index contributed by atoms with van der Waals surface area (Å²) in [6.07, 6.45) is 2.93. The first-order valence-electron chi connectivity index (χ1n) is 6.87. The molecule has 1 aromatic rings. The lowest BCUT2D eigenvalue weighted by Crippen LogP contribution is -2.41. The van der Waals surface area contributed by atoms with Gasteiger partial charge in [0.1, 0.15) is 0 Å². The number of anilines is 1. The average Bonchev–Trinajstić information content (AvgIpc) is 2.43. The number of unbranched alkanes of at least 4 members (excludes halogenated alkanes) is 1. The first kappa shape index (κ1) is 15.0. The summed E-state index contributed by atoms with van der Waals surface area (Å²) in [5.41, 5.74) is 1.11. The Bertz CT molecular complexity index is 303. The van der Waals surface area contributed by atoms with E-state index in [1.165, 1.54) is 0 Å². The molecule has 3 nitrogen and oxygen atoms in total. The Morgan fingerprint density at radius 2 is 1.89 bits per heavy atom. The first-order chi connectivity index (χ1) is 8.83. The molecule has 0 aromatic heterocycles. The van der Waals surface area contributed by atoms with Gasteiger partial charge in [-0.05, 0) is 25.0 Å². The maximum Gasteiger partial charge on any atom is 0.153 e. The lowest BCUT2D eigenvalue weighted by Gasteiger charge is -2.32. The van der Waals surface area contributed by atoms with Gasteiger partial charge in [0, 0.05) is 18.8 Å². The molecular formula is C15H25NO2. The first-order valence-corrected chi connectivity index (χ1v) is 6.87. The number of ether oxygens (including phenoxy) is 1. The zero-order valence-corrected chi connectivity index (χ0v) is 11.5. The normalized spacial score (nSPS) is 12.4. The molecule has 1 unspecified atom stereocenters. The predicted octanol–water partition coefficient (Wildman–Crippen LogP) is 3.04. The zero-order valence-electron chi connectivity index (χ0n) is 11.5. The molecule has 1 N–H and O–H groups in total. The fourth-order valence-corrected chi connectivity index (χ4v) is 1.90. The molecule has 0 aliphatic rings. The van der Waals surface area contributed by atoms with E-state index in [0.717, 1.165) is 31.5 Å². The summed E-state index contributed by atoms with van der Waals surface area (Å²) < 4.78 is 5.78. The average molecular weight is 251 g/mol. The van der Waals surface area contributed by atoms with Crippen molar-refractivity contribution < 1.29 is 9.84 Å². The van der Waals surface area contributed by atoms with Gasteiger partial charge in [-0.25, -0.2) is 0 Å². The molecule has 0 aliphatic heterocycles. The summed E-state index contributed by atoms with van der Waals surface area (Å²) >= 11 is 0. The maximum atomic E-state index is 9.52. The van der Waals surface area contributed by atoms with Gasteiger partial charge in [0.25, 0.3) is 0 Å². The number of aliphatic hydroxyl groups excluding tert-OH is 1. The van der Waals surface area contributed by atoms with E-state index in [-0.39, 0.29) is 12.8 Å². The van der Waals surface area contributed by atoms with Gasteiger partial charge in [0.2, 0.25) is 0 Å². The molecule has 3 heteroatoms. The molecule has 0 aliphatic carbocycles. The fraction of sp³-hybridized carbons (Fsp3) is 0.600. The van der Waals surface area contributed by atoms with Gasteiger partial charge in [-0.3, -0.25) is 0 Å². The van der Waals surface area contributed by atoms with E-state index in [2.05, 4.69) is 30.9 Å². The third kappa shape index (κ3) is 4.67. The highest BCUT2D eigenvalue weighted by molar-refractivity contribution is 5.46. The fourth-order valence-electron chi connectivity index (χ4n) is 1.90. The Hall–Kier alpha value is -1.06. The molecule has 0 saturated carbocycles. The highest BCUT2D eigenvalue weighted by Gasteiger charge is 2.17. The second kappa shape index (κ2) is 8.95. The summed E-state index contributed by atoms with van der Waals surface area (Å²) in [6.45, 7) is 5.89. The van der Waals surface area contributed by atoms with Gasteiger partial charge in [-0.15, -0.1) is 0 Å². The number of para-hydroxylation sites is 1. The van der Waals surface area contributed by atoms with Crippen molar-refractivity contribution in [3.63, 3.8) is 0 Å². The molecule has 18 heavy (non-hydrogen) atoms. The van der Waals surface area contributed by atoms with Crippen LogP contribution in [-0.4, -0.2) is 31.1 Å². The van der Waals surface area contributed by atoms with Gasteiger partial charge in [-0.1, -0.05) is 38.5 Å². The molecule has 0 radical (unpaired) electrons. The standard InChI is InChI=1S/C15H25NO2/c1-3-5-12-18-15(13-17)16(11-4-2)14-9-7-6-8-10-14/h6-10,15,17H,3-5,11-13H2,1-2H3. The van der Waals surface area contributed by atoms with E-state index in [1.807, 2.05) is 18.2 Å². The minimum absolute atomic E-state index is 0.0264. The number of rotatable bonds is 9. The molecule has 0 amide bonds. The number of nitrogens with zero attached hydrogens (tertiary/aromatic N) is 1. The number of benzene rings is 1. The molecule has 0 heterocycles. The summed E-state index contributed by atoms with van der Waals surface area (Å²) in [4.78, 5) is 2.13. The van der Waals surface area contributed by atoms with Gasteiger partial charge >= 0.3 is 0 Å². The van der Waals surface area contributed by atoms with Crippen LogP contribution in [0.5, 0.6) is 0 Å². The van der Waals surface area contributed by atoms with Crippen molar-refractivity contribution in [2.75, 3.05) is 24.7 Å². The summed E-state index contributed by atoms with van der Waals surface area (Å²) in [5, 5.41) is 9.52. The van der Waals surface area contributed by atoms with E-state index in [0.29, 0.717) is 6.61 Å². The van der Waals surface area contributed by atoms with Crippen LogP contribution in [0.2, 0.25) is 0 Å². The van der Waals surface area contributed by atoms with E-state index < -0.39 is 0 Å². The van der Waals surface area contributed by atoms with Crippen molar-refractivity contribution in [3.05, 3.63) is 30.3 Å². The molecule has 0 fully saturated rings. The summed E-state index contributed by atoms with van der Waals surface area (Å²) in [5.74, 6) is 0. The molecule has 0 bridgehead atoms. The van der Waals surface area contributed by atoms with Crippen LogP contribution in [-0.2, 0) is 4.74 Å². The van der Waals surface area contributed by atoms with Crippen molar-refractivity contribution >= 4 is 5.69 Å². The zero-order chi connectivity index (χ0) is 13.2. The van der Waals surface area contributed by atoms with Gasteiger partial charge < -0.3 is 14.7 Å². The predicted molar refractivity (Wildman–Crippen MR) is 75.8 cm³/mol. The summed E-state index contributed by atoms with van der Waals surface area (Å²) in [7, 11) is 0. The lowest BCUT2D eigenvalue weighted by molar-refractivity contribution is 0.00987. The highest BCUT2D eigenvalue weighted by Crippen LogP contribution is 2.17. The van der Waals surface area contributed by atoms with Crippen LogP contribution in [0.4, 0.5) is 5.69 Å². The Balaban J connectivity index is 2.68. The molecule has 1 atom stereocenters. The quantitative estimate of drug-likeness (QED) is 0.541. The van der Waals surface area contributed by atoms with Crippen LogP contribution in [0, 0.1) is 0 Å². The maximum absolute atomic E-state index is 9.52. The molecule has 0 saturated heterocycles. The second-order valence-electron chi connectivity index (χ2n) is 4.39. The van der Waals surface area contributed by atoms with Crippen molar-refractivity contribution in [3.8, 4) is 0 Å². The molecule has 1 rings (SSSR count). The minimum Gasteiger partial charge on any atom is -0.392 e. The van der Waals surface area contributed by atoms with Crippen LogP contribution in [0.25, 0.3) is 0 Å². The Kier molecular flexibility index (Phi) is 7.46. The largest absolute Gasteiger partial charge is 0.392 e. The van der Waals surface area contributed by atoms with Crippen molar-refractivity contribution in [1.29, 1.82) is 0 Å². The molecule has 1 aromatic carbocycles. The van der Waals surface area contributed by atoms with Gasteiger partial charge in [-0.2, -0.15) is 0 Å². The van der Waals surface area contributed by atoms with E-state index >= 15 is 0 Å². The molecule has 102 valence electrons. The third-order valence-corrected chi connectivity index (χ3v) is 2.86. The highest BCUT2D eigenvalue weighted by atomic mass is 16.5. The number of hydrogen-bond acceptors (Lipinski definition) is 3. The van der Waals surface area contributed by atoms with Crippen molar-refractivity contribution in [2.45, 2.75) is 39.3 Å². The van der Waals surface area contributed by atoms with E-state index in [1.54, 1.807) is 0 Å². The van der Waals surface area contributed by atoms with Crippen LogP contribution >= 0.6 is 0 Å². The number of aliphatic hydroxyl groups is 1. The lowest BCUT2D eigenvalue weighted by atomic mass is 10.2. The monoisotopic (exact) mass is 251 g/mol. The van der Waals surface area contributed by atoms with E-state index in [4.69, 9.17) is 4.74 Å². The second-order valence-corrected chi connectivity index (χ2v) is 4.39. The van der Waals surface area contributed by atoms with Crippen LogP contribution in [0.1, 0.15) is 33.1 Å². The third-order valence-electron chi connectivity index (χ3n) is 2.86. The number of hydrogen-bond donors (Lipinski definition) is 1. The van der Waals surface area contributed by atoms with Gasteiger partial charge in [0.15, 0.2) is 6.23 Å². The van der Waals surface area contributed by atoms with Crippen LogP contribution in [0.3, 0.4) is 0 Å². The van der Waals surface area contributed by atoms with E-state index in [9.17, 15) is 5.11 Å². The minimum atomic E-state index is -0.237. The molecule has 0 spiro atoms. The van der Waals surface area contributed by atoms with Crippen molar-refractivity contribution in [2.24, 2.45) is 0 Å². The Labute approximate surface area is 110 Å². The van der Waals surface area contributed by atoms with Crippen molar-refractivity contribution in [1.82, 2.24) is 0 Å². The topological polar surface area (TPSA) is 32.7 Å². The smallest absolute Gasteiger partial charge is 0.153 e. The van der Waals surface area contributed by atoms with Crippen LogP contribution < -0.4 is 4.90 Å². The summed E-state index contributed by atoms with van der Waals surface area (Å²) in [6, 6.07) is 10.1. The Morgan fingerprint density at radius 3 is 2.44 bits per heavy atom.